The number of carbonyl (C=O) groups is 2. The van der Waals surface area contributed by atoms with E-state index in [0.29, 0.717) is 5.69 Å². The molecule has 0 bridgehead atoms. The van der Waals surface area contributed by atoms with Crippen molar-refractivity contribution in [1.82, 2.24) is 4.57 Å². The average Bonchev–Trinajstić information content (AvgIpc) is 2.45. The Hall–Kier alpha value is -2.96. The van der Waals surface area contributed by atoms with Crippen molar-refractivity contribution in [1.29, 1.82) is 0 Å². The van der Waals surface area contributed by atoms with Gasteiger partial charge in [-0.15, -0.1) is 0 Å². The minimum atomic E-state index is -0.609. The van der Waals surface area contributed by atoms with Gasteiger partial charge in [-0.05, 0) is 24.3 Å². The second-order valence-electron chi connectivity index (χ2n) is 4.69. The monoisotopic (exact) mass is 303 g/mol. The van der Waals surface area contributed by atoms with E-state index >= 15 is 0 Å². The normalized spacial score (nSPS) is 10.1. The number of nitrogens with zero attached hydrogens (tertiary/aromatic N) is 1. The maximum absolute atomic E-state index is 13.5. The number of carbonyl (C=O) groups excluding carboxylic acids is 2. The number of rotatable bonds is 3. The van der Waals surface area contributed by atoms with E-state index in [4.69, 9.17) is 0 Å². The molecule has 114 valence electrons. The van der Waals surface area contributed by atoms with E-state index in [1.807, 2.05) is 0 Å². The molecular weight excluding hydrogens is 289 g/mol. The predicted octanol–water partition coefficient (Wildman–Crippen LogP) is 1.74. The molecule has 0 aliphatic carbocycles. The second-order valence-corrected chi connectivity index (χ2v) is 4.69. The molecule has 6 nitrogen and oxygen atoms in total. The number of pyridine rings is 1. The molecule has 22 heavy (non-hydrogen) atoms. The topological polar surface area (TPSA) is 80.2 Å². The Morgan fingerprint density at radius 2 is 1.86 bits per heavy atom. The average molecular weight is 303 g/mol. The first-order chi connectivity index (χ1) is 10.4. The summed E-state index contributed by atoms with van der Waals surface area (Å²) in [5.74, 6) is -1.53. The molecule has 2 N–H and O–H groups in total. The summed E-state index contributed by atoms with van der Waals surface area (Å²) in [5, 5.41) is 4.87. The van der Waals surface area contributed by atoms with Gasteiger partial charge in [0.1, 0.15) is 5.82 Å². The lowest BCUT2D eigenvalue weighted by atomic mass is 10.2. The Morgan fingerprint density at radius 3 is 2.50 bits per heavy atom. The summed E-state index contributed by atoms with van der Waals surface area (Å²) in [7, 11) is 1.57. The third-order valence-corrected chi connectivity index (χ3v) is 2.90. The van der Waals surface area contributed by atoms with Gasteiger partial charge in [0.15, 0.2) is 0 Å². The van der Waals surface area contributed by atoms with Crippen LogP contribution in [0, 0.1) is 5.82 Å². The van der Waals surface area contributed by atoms with E-state index < -0.39 is 17.6 Å². The highest BCUT2D eigenvalue weighted by Crippen LogP contribution is 2.20. The van der Waals surface area contributed by atoms with Gasteiger partial charge in [-0.3, -0.25) is 14.4 Å². The zero-order valence-electron chi connectivity index (χ0n) is 12.0. The summed E-state index contributed by atoms with van der Waals surface area (Å²) in [5.41, 5.74) is 0.143. The van der Waals surface area contributed by atoms with Crippen molar-refractivity contribution in [2.75, 3.05) is 10.6 Å². The molecule has 2 rings (SSSR count). The first kappa shape index (κ1) is 15.4. The highest BCUT2D eigenvalue weighted by molar-refractivity contribution is 6.04. The van der Waals surface area contributed by atoms with Crippen LogP contribution in [0.2, 0.25) is 0 Å². The lowest BCUT2D eigenvalue weighted by molar-refractivity contribution is -0.114. The third kappa shape index (κ3) is 3.57. The first-order valence-corrected chi connectivity index (χ1v) is 6.42. The number of amides is 2. The largest absolute Gasteiger partial charge is 0.324 e. The van der Waals surface area contributed by atoms with Gasteiger partial charge in [0, 0.05) is 37.5 Å². The van der Waals surface area contributed by atoms with Gasteiger partial charge in [0.05, 0.1) is 5.69 Å². The number of hydrogen-bond donors (Lipinski definition) is 2. The standard InChI is InChI=1S/C15H14FN3O3/c1-9(20)17-13-8-11(3-4-12(13)16)18-15(22)10-5-6-19(2)14(21)7-10/h3-8H,1-2H3,(H,17,20)(H,18,22). The van der Waals surface area contributed by atoms with Crippen LogP contribution in [-0.2, 0) is 11.8 Å². The number of nitrogens with one attached hydrogen (secondary N) is 2. The van der Waals surface area contributed by atoms with Crippen molar-refractivity contribution in [3.63, 3.8) is 0 Å². The summed E-state index contributed by atoms with van der Waals surface area (Å²) >= 11 is 0. The fourth-order valence-corrected chi connectivity index (χ4v) is 1.78. The van der Waals surface area contributed by atoms with Crippen LogP contribution in [0.3, 0.4) is 0 Å². The minimum Gasteiger partial charge on any atom is -0.324 e. The van der Waals surface area contributed by atoms with E-state index in [1.54, 1.807) is 7.05 Å². The zero-order chi connectivity index (χ0) is 16.3. The van der Waals surface area contributed by atoms with Crippen molar-refractivity contribution in [2.24, 2.45) is 7.05 Å². The van der Waals surface area contributed by atoms with Gasteiger partial charge in [0.2, 0.25) is 5.91 Å². The Morgan fingerprint density at radius 1 is 1.14 bits per heavy atom. The molecule has 7 heteroatoms. The van der Waals surface area contributed by atoms with Crippen molar-refractivity contribution < 1.29 is 14.0 Å². The van der Waals surface area contributed by atoms with Gasteiger partial charge in [-0.2, -0.15) is 0 Å². The summed E-state index contributed by atoms with van der Waals surface area (Å²) < 4.78 is 14.9. The molecule has 0 saturated carbocycles. The quantitative estimate of drug-likeness (QED) is 0.906. The maximum Gasteiger partial charge on any atom is 0.255 e. The summed E-state index contributed by atoms with van der Waals surface area (Å²) in [4.78, 5) is 34.5. The fourth-order valence-electron chi connectivity index (χ4n) is 1.78. The van der Waals surface area contributed by atoms with E-state index in [1.165, 1.54) is 42.0 Å². The molecule has 2 amide bonds. The van der Waals surface area contributed by atoms with Crippen LogP contribution in [0.25, 0.3) is 0 Å². The predicted molar refractivity (Wildman–Crippen MR) is 80.3 cm³/mol. The lowest BCUT2D eigenvalue weighted by Crippen LogP contribution is -2.20. The van der Waals surface area contributed by atoms with Crippen LogP contribution >= 0.6 is 0 Å². The number of aryl methyl sites for hydroxylation is 1. The molecule has 0 unspecified atom stereocenters. The molecule has 0 aliphatic heterocycles. The molecule has 0 saturated heterocycles. The van der Waals surface area contributed by atoms with Gasteiger partial charge >= 0.3 is 0 Å². The number of aromatic nitrogens is 1. The Bertz CT molecular complexity index is 799. The molecule has 0 radical (unpaired) electrons. The number of benzene rings is 1. The van der Waals surface area contributed by atoms with Crippen LogP contribution in [-0.4, -0.2) is 16.4 Å². The summed E-state index contributed by atoms with van der Waals surface area (Å²) in [6.45, 7) is 1.25. The van der Waals surface area contributed by atoms with Gasteiger partial charge in [-0.25, -0.2) is 4.39 Å². The molecule has 1 aromatic carbocycles. The van der Waals surface area contributed by atoms with E-state index in [9.17, 15) is 18.8 Å². The first-order valence-electron chi connectivity index (χ1n) is 6.42. The molecule has 1 aromatic heterocycles. The molecule has 0 fully saturated rings. The Balaban J connectivity index is 2.22. The van der Waals surface area contributed by atoms with Gasteiger partial charge < -0.3 is 15.2 Å². The smallest absolute Gasteiger partial charge is 0.255 e. The van der Waals surface area contributed by atoms with Crippen LogP contribution in [0.15, 0.2) is 41.3 Å². The fraction of sp³-hybridized carbons (Fsp3) is 0.133. The third-order valence-electron chi connectivity index (χ3n) is 2.90. The van der Waals surface area contributed by atoms with Crippen molar-refractivity contribution in [3.05, 3.63) is 58.3 Å². The molecular formula is C15H14FN3O3. The van der Waals surface area contributed by atoms with Gasteiger partial charge in [-0.1, -0.05) is 0 Å². The Labute approximate surface area is 125 Å². The van der Waals surface area contributed by atoms with E-state index in [-0.39, 0.29) is 16.8 Å². The van der Waals surface area contributed by atoms with Crippen LogP contribution in [0.1, 0.15) is 17.3 Å². The molecule has 2 aromatic rings. The van der Waals surface area contributed by atoms with Crippen LogP contribution < -0.4 is 16.2 Å². The van der Waals surface area contributed by atoms with Crippen LogP contribution in [0.5, 0.6) is 0 Å². The lowest BCUT2D eigenvalue weighted by Gasteiger charge is -2.09. The van der Waals surface area contributed by atoms with Crippen molar-refractivity contribution >= 4 is 23.2 Å². The second kappa shape index (κ2) is 6.21. The van der Waals surface area contributed by atoms with Gasteiger partial charge in [0.25, 0.3) is 11.5 Å². The summed E-state index contributed by atoms with van der Waals surface area (Å²) in [6.07, 6.45) is 1.48. The summed E-state index contributed by atoms with van der Waals surface area (Å²) in [6, 6.07) is 6.49. The molecule has 0 atom stereocenters. The van der Waals surface area contributed by atoms with Crippen LogP contribution in [0.4, 0.5) is 15.8 Å². The molecule has 1 heterocycles. The van der Waals surface area contributed by atoms with E-state index in [2.05, 4.69) is 10.6 Å². The Kier molecular flexibility index (Phi) is 4.36. The zero-order valence-corrected chi connectivity index (χ0v) is 12.0. The number of halogens is 1. The highest BCUT2D eigenvalue weighted by atomic mass is 19.1. The van der Waals surface area contributed by atoms with Crippen molar-refractivity contribution in [2.45, 2.75) is 6.92 Å². The van der Waals surface area contributed by atoms with Crippen molar-refractivity contribution in [3.8, 4) is 0 Å². The number of anilines is 2. The number of hydrogen-bond acceptors (Lipinski definition) is 3. The maximum atomic E-state index is 13.5. The SMILES string of the molecule is CC(=O)Nc1cc(NC(=O)c2ccn(C)c(=O)c2)ccc1F. The molecule has 0 aliphatic rings. The highest BCUT2D eigenvalue weighted by Gasteiger charge is 2.10. The minimum absolute atomic E-state index is 0.0331. The molecule has 0 spiro atoms. The van der Waals surface area contributed by atoms with E-state index in [0.717, 1.165) is 6.07 Å².